The van der Waals surface area contributed by atoms with Crippen molar-refractivity contribution in [1.29, 1.82) is 5.26 Å². The lowest BCUT2D eigenvalue weighted by atomic mass is 10.0. The summed E-state index contributed by atoms with van der Waals surface area (Å²) in [5, 5.41) is 8.78. The molecule has 0 aliphatic rings. The zero-order valence-electron chi connectivity index (χ0n) is 12.0. The van der Waals surface area contributed by atoms with Gasteiger partial charge in [0.25, 0.3) is 0 Å². The predicted octanol–water partition coefficient (Wildman–Crippen LogP) is 4.70. The van der Waals surface area contributed by atoms with Crippen molar-refractivity contribution in [3.05, 3.63) is 71.0 Å². The van der Waals surface area contributed by atoms with Crippen LogP contribution >= 0.6 is 0 Å². The topological polar surface area (TPSA) is 33.0 Å². The van der Waals surface area contributed by atoms with Crippen LogP contribution in [-0.4, -0.2) is 0 Å². The number of aryl methyl sites for hydroxylation is 1. The molecule has 0 fully saturated rings. The smallest absolute Gasteiger partial charge is 0.127 e. The third-order valence-corrected chi connectivity index (χ3v) is 3.33. The molecule has 0 aliphatic heterocycles. The highest BCUT2D eigenvalue weighted by Gasteiger charge is 2.05. The molecule has 2 aromatic rings. The van der Waals surface area contributed by atoms with E-state index in [0.29, 0.717) is 5.56 Å². The van der Waals surface area contributed by atoms with Gasteiger partial charge in [0.2, 0.25) is 0 Å². The number of hydrogen-bond donors (Lipinski definition) is 0. The molecule has 0 spiro atoms. The molecule has 0 atom stereocenters. The van der Waals surface area contributed by atoms with Gasteiger partial charge in [-0.2, -0.15) is 5.26 Å². The van der Waals surface area contributed by atoms with E-state index in [0.717, 1.165) is 17.1 Å². The van der Waals surface area contributed by atoms with Gasteiger partial charge in [-0.1, -0.05) is 24.3 Å². The van der Waals surface area contributed by atoms with Crippen molar-refractivity contribution >= 4 is 5.57 Å². The summed E-state index contributed by atoms with van der Waals surface area (Å²) in [6.45, 7) is 6.11. The quantitative estimate of drug-likeness (QED) is 0.752. The van der Waals surface area contributed by atoms with Crippen molar-refractivity contribution in [3.63, 3.8) is 0 Å². The average molecular weight is 263 g/mol. The van der Waals surface area contributed by atoms with Crippen LogP contribution in [-0.2, 0) is 0 Å². The highest BCUT2D eigenvalue weighted by atomic mass is 16.5. The Morgan fingerprint density at radius 3 is 2.25 bits per heavy atom. The van der Waals surface area contributed by atoms with Crippen LogP contribution in [0, 0.1) is 18.3 Å². The summed E-state index contributed by atoms with van der Waals surface area (Å²) in [5.74, 6) is 1.61. The molecule has 20 heavy (non-hydrogen) atoms. The molecule has 2 heteroatoms. The Labute approximate surface area is 119 Å². The number of hydrogen-bond acceptors (Lipinski definition) is 2. The van der Waals surface area contributed by atoms with E-state index >= 15 is 0 Å². The maximum Gasteiger partial charge on any atom is 0.127 e. The lowest BCUT2D eigenvalue weighted by molar-refractivity contribution is 0.430. The van der Waals surface area contributed by atoms with E-state index in [1.165, 1.54) is 11.1 Å². The van der Waals surface area contributed by atoms with Crippen LogP contribution in [0.15, 0.2) is 54.3 Å². The third kappa shape index (κ3) is 3.07. The van der Waals surface area contributed by atoms with E-state index in [2.05, 4.69) is 32.0 Å². The van der Waals surface area contributed by atoms with Crippen molar-refractivity contribution < 1.29 is 4.74 Å². The van der Waals surface area contributed by atoms with Gasteiger partial charge in [0.15, 0.2) is 0 Å². The summed E-state index contributed by atoms with van der Waals surface area (Å²) in [5.41, 5.74) is 4.17. The van der Waals surface area contributed by atoms with Gasteiger partial charge in [-0.25, -0.2) is 0 Å². The van der Waals surface area contributed by atoms with Crippen molar-refractivity contribution in [2.45, 2.75) is 20.8 Å². The lowest BCUT2D eigenvalue weighted by Gasteiger charge is -2.12. The Bertz CT molecular complexity index is 675. The highest BCUT2D eigenvalue weighted by Crippen LogP contribution is 2.24. The van der Waals surface area contributed by atoms with E-state index < -0.39 is 0 Å². The van der Waals surface area contributed by atoms with Crippen molar-refractivity contribution in [1.82, 2.24) is 0 Å². The fourth-order valence-electron chi connectivity index (χ4n) is 2.03. The first-order valence-corrected chi connectivity index (χ1v) is 6.53. The van der Waals surface area contributed by atoms with Crippen LogP contribution in [0.5, 0.6) is 5.75 Å². The summed E-state index contributed by atoms with van der Waals surface area (Å²) in [6.07, 6.45) is 0. The third-order valence-electron chi connectivity index (χ3n) is 3.33. The summed E-state index contributed by atoms with van der Waals surface area (Å²) < 4.78 is 5.86. The largest absolute Gasteiger partial charge is 0.462 e. The fraction of sp³-hybridized carbons (Fsp3) is 0.167. The van der Waals surface area contributed by atoms with Gasteiger partial charge >= 0.3 is 0 Å². The minimum Gasteiger partial charge on any atom is -0.462 e. The first kappa shape index (κ1) is 13.9. The molecule has 0 saturated heterocycles. The molecule has 0 amide bonds. The second-order valence-corrected chi connectivity index (χ2v) is 4.73. The Hall–Kier alpha value is -2.53. The summed E-state index contributed by atoms with van der Waals surface area (Å²) >= 11 is 0. The van der Waals surface area contributed by atoms with E-state index in [4.69, 9.17) is 10.00 Å². The Balaban J connectivity index is 2.25. The number of nitriles is 1. The van der Waals surface area contributed by atoms with Gasteiger partial charge in [-0.15, -0.1) is 0 Å². The monoisotopic (exact) mass is 263 g/mol. The number of allylic oxidation sites excluding steroid dienone is 2. The lowest BCUT2D eigenvalue weighted by Crippen LogP contribution is -1.96. The van der Waals surface area contributed by atoms with Crippen molar-refractivity contribution in [3.8, 4) is 11.8 Å². The maximum atomic E-state index is 8.78. The molecule has 2 aromatic carbocycles. The molecule has 0 bridgehead atoms. The second-order valence-electron chi connectivity index (χ2n) is 4.73. The molecule has 0 aliphatic carbocycles. The number of ether oxygens (including phenoxy) is 1. The predicted molar refractivity (Wildman–Crippen MR) is 81.2 cm³/mol. The molecule has 0 saturated carbocycles. The SMILES string of the molecule is C/C(Oc1ccc(C#N)cc1)=C(\C)c1ccccc1C. The van der Waals surface area contributed by atoms with Gasteiger partial charge < -0.3 is 4.74 Å². The van der Waals surface area contributed by atoms with Crippen LogP contribution in [0.3, 0.4) is 0 Å². The van der Waals surface area contributed by atoms with Gasteiger partial charge in [0.05, 0.1) is 11.6 Å². The second kappa shape index (κ2) is 6.08. The summed E-state index contributed by atoms with van der Waals surface area (Å²) in [7, 11) is 0. The molecule has 0 heterocycles. The first-order chi connectivity index (χ1) is 9.61. The summed E-state index contributed by atoms with van der Waals surface area (Å²) in [4.78, 5) is 0. The zero-order valence-corrected chi connectivity index (χ0v) is 12.0. The molecule has 2 rings (SSSR count). The highest BCUT2D eigenvalue weighted by molar-refractivity contribution is 5.68. The number of nitrogens with zero attached hydrogens (tertiary/aromatic N) is 1. The molecule has 100 valence electrons. The van der Waals surface area contributed by atoms with Crippen LogP contribution in [0.2, 0.25) is 0 Å². The van der Waals surface area contributed by atoms with Crippen LogP contribution in [0.1, 0.15) is 30.5 Å². The normalized spacial score (nSPS) is 11.5. The van der Waals surface area contributed by atoms with Gasteiger partial charge in [-0.3, -0.25) is 0 Å². The first-order valence-electron chi connectivity index (χ1n) is 6.53. The Morgan fingerprint density at radius 1 is 1.00 bits per heavy atom. The van der Waals surface area contributed by atoms with Crippen molar-refractivity contribution in [2.75, 3.05) is 0 Å². The van der Waals surface area contributed by atoms with E-state index in [-0.39, 0.29) is 0 Å². The average Bonchev–Trinajstić information content (AvgIpc) is 2.48. The van der Waals surface area contributed by atoms with Gasteiger partial charge in [-0.05, 0) is 61.7 Å². The van der Waals surface area contributed by atoms with Crippen molar-refractivity contribution in [2.24, 2.45) is 0 Å². The van der Waals surface area contributed by atoms with E-state index in [9.17, 15) is 0 Å². The molecule has 0 N–H and O–H groups in total. The summed E-state index contributed by atoms with van der Waals surface area (Å²) in [6, 6.07) is 17.5. The number of benzene rings is 2. The maximum absolute atomic E-state index is 8.78. The molecule has 2 nitrogen and oxygen atoms in total. The van der Waals surface area contributed by atoms with Crippen LogP contribution in [0.4, 0.5) is 0 Å². The molecule has 0 aromatic heterocycles. The van der Waals surface area contributed by atoms with Gasteiger partial charge in [0, 0.05) is 0 Å². The fourth-order valence-corrected chi connectivity index (χ4v) is 2.03. The Kier molecular flexibility index (Phi) is 4.22. The molecule has 0 radical (unpaired) electrons. The van der Waals surface area contributed by atoms with E-state index in [1.54, 1.807) is 12.1 Å². The zero-order chi connectivity index (χ0) is 14.5. The standard InChI is InChI=1S/C18H17NO/c1-13-6-4-5-7-18(13)14(2)15(3)20-17-10-8-16(12-19)9-11-17/h4-11H,1-3H3/b15-14-. The Morgan fingerprint density at radius 2 is 1.65 bits per heavy atom. The molecule has 0 unspecified atom stereocenters. The van der Waals surface area contributed by atoms with Gasteiger partial charge in [0.1, 0.15) is 11.5 Å². The molecular weight excluding hydrogens is 246 g/mol. The van der Waals surface area contributed by atoms with E-state index in [1.807, 2.05) is 31.2 Å². The van der Waals surface area contributed by atoms with Crippen LogP contribution < -0.4 is 4.74 Å². The molecular formula is C18H17NO. The van der Waals surface area contributed by atoms with Crippen LogP contribution in [0.25, 0.3) is 5.57 Å². The minimum absolute atomic E-state index is 0.634. The number of rotatable bonds is 3. The minimum atomic E-state index is 0.634.